The molecule has 1 heterocycles. The van der Waals surface area contributed by atoms with Gasteiger partial charge in [-0.25, -0.2) is 13.4 Å². The van der Waals surface area contributed by atoms with Gasteiger partial charge in [0.1, 0.15) is 0 Å². The molecule has 36 heavy (non-hydrogen) atoms. The van der Waals surface area contributed by atoms with Gasteiger partial charge in [-0.3, -0.25) is 9.10 Å². The number of carbonyl (C=O) groups is 1. The summed E-state index contributed by atoms with van der Waals surface area (Å²) in [7, 11) is -1.94. The average molecular weight is 526 g/mol. The summed E-state index contributed by atoms with van der Waals surface area (Å²) in [5.74, 6) is -0.977. The Labute approximate surface area is 213 Å². The Morgan fingerprint density at radius 1 is 1.08 bits per heavy atom. The highest BCUT2D eigenvalue weighted by Crippen LogP contribution is 2.33. The summed E-state index contributed by atoms with van der Waals surface area (Å²) in [6, 6.07) is 19.2. The van der Waals surface area contributed by atoms with Crippen LogP contribution in [0.5, 0.6) is 5.88 Å². The predicted octanol–water partition coefficient (Wildman–Crippen LogP) is 5.11. The third-order valence-corrected chi connectivity index (χ3v) is 7.20. The lowest BCUT2D eigenvalue weighted by atomic mass is 9.98. The van der Waals surface area contributed by atoms with Crippen LogP contribution in [0.25, 0.3) is 10.9 Å². The molecule has 0 aliphatic heterocycles. The number of aromatic amines is 1. The number of benzene rings is 3. The van der Waals surface area contributed by atoms with Gasteiger partial charge in [0.15, 0.2) is 5.88 Å². The van der Waals surface area contributed by atoms with Crippen molar-refractivity contribution in [3.05, 3.63) is 88.4 Å². The maximum absolute atomic E-state index is 11.9. The van der Waals surface area contributed by atoms with Crippen molar-refractivity contribution >= 4 is 55.6 Å². The monoisotopic (exact) mass is 525 g/mol. The van der Waals surface area contributed by atoms with Crippen LogP contribution in [0.2, 0.25) is 5.02 Å². The summed E-state index contributed by atoms with van der Waals surface area (Å²) in [6.45, 7) is 0. The number of anilines is 1. The van der Waals surface area contributed by atoms with Crippen molar-refractivity contribution in [1.82, 2.24) is 4.98 Å². The molecule has 0 unspecified atom stereocenters. The SMILES string of the molecule is CN(c1ccc(N=C(c2cccc(CCC(=O)O)c2)c2c(O)[nH]c3cc(Cl)ccc23)cc1)S(C)(=O)=O. The first kappa shape index (κ1) is 25.3. The fraction of sp³-hybridized carbons (Fsp3) is 0.154. The van der Waals surface area contributed by atoms with Crippen molar-refractivity contribution in [3.8, 4) is 5.88 Å². The molecule has 0 amide bonds. The van der Waals surface area contributed by atoms with Gasteiger partial charge in [0.2, 0.25) is 10.0 Å². The summed E-state index contributed by atoms with van der Waals surface area (Å²) in [6.07, 6.45) is 1.46. The molecule has 186 valence electrons. The minimum absolute atomic E-state index is 0.0118. The van der Waals surface area contributed by atoms with Crippen LogP contribution in [0.15, 0.2) is 71.7 Å². The van der Waals surface area contributed by atoms with Crippen molar-refractivity contribution in [2.45, 2.75) is 12.8 Å². The van der Waals surface area contributed by atoms with Crippen molar-refractivity contribution in [2.24, 2.45) is 4.99 Å². The molecule has 0 bridgehead atoms. The normalized spacial score (nSPS) is 12.1. The number of sulfonamides is 1. The number of aryl methyl sites for hydroxylation is 1. The molecule has 4 rings (SSSR count). The van der Waals surface area contributed by atoms with Gasteiger partial charge in [0, 0.05) is 29.4 Å². The van der Waals surface area contributed by atoms with Crippen LogP contribution < -0.4 is 4.31 Å². The van der Waals surface area contributed by atoms with Crippen LogP contribution in [0.3, 0.4) is 0 Å². The van der Waals surface area contributed by atoms with Crippen molar-refractivity contribution in [3.63, 3.8) is 0 Å². The van der Waals surface area contributed by atoms with E-state index in [2.05, 4.69) is 4.98 Å². The first-order chi connectivity index (χ1) is 17.0. The third-order valence-electron chi connectivity index (χ3n) is 5.76. The fourth-order valence-electron chi connectivity index (χ4n) is 3.84. The largest absolute Gasteiger partial charge is 0.494 e. The molecule has 0 saturated carbocycles. The second-order valence-electron chi connectivity index (χ2n) is 8.34. The number of fused-ring (bicyclic) bond motifs is 1. The number of carboxylic acid groups (broad SMARTS) is 1. The summed E-state index contributed by atoms with van der Waals surface area (Å²) in [5, 5.41) is 21.1. The zero-order valence-corrected chi connectivity index (χ0v) is 21.1. The topological polar surface area (TPSA) is 123 Å². The number of halogens is 1. The number of rotatable bonds is 8. The number of H-pyrrole nitrogens is 1. The van der Waals surface area contributed by atoms with Gasteiger partial charge in [-0.15, -0.1) is 0 Å². The lowest BCUT2D eigenvalue weighted by molar-refractivity contribution is -0.136. The number of aliphatic carboxylic acids is 1. The Morgan fingerprint density at radius 2 is 1.81 bits per heavy atom. The first-order valence-electron chi connectivity index (χ1n) is 11.0. The highest BCUT2D eigenvalue weighted by atomic mass is 35.5. The zero-order chi connectivity index (χ0) is 26.0. The fourth-order valence-corrected chi connectivity index (χ4v) is 4.52. The zero-order valence-electron chi connectivity index (χ0n) is 19.6. The van der Waals surface area contributed by atoms with E-state index in [1.807, 2.05) is 24.3 Å². The van der Waals surface area contributed by atoms with Gasteiger partial charge in [0.05, 0.1) is 34.4 Å². The lowest BCUT2D eigenvalue weighted by Crippen LogP contribution is -2.24. The van der Waals surface area contributed by atoms with E-state index in [9.17, 15) is 18.3 Å². The molecule has 0 aliphatic rings. The van der Waals surface area contributed by atoms with Crippen molar-refractivity contribution in [2.75, 3.05) is 17.6 Å². The molecule has 0 aliphatic carbocycles. The molecular weight excluding hydrogens is 502 g/mol. The second kappa shape index (κ2) is 10.0. The summed E-state index contributed by atoms with van der Waals surface area (Å²) < 4.78 is 24.9. The molecule has 4 aromatic rings. The van der Waals surface area contributed by atoms with Gasteiger partial charge in [0.25, 0.3) is 0 Å². The Kier molecular flexibility index (Phi) is 7.05. The molecule has 0 atom stereocenters. The van der Waals surface area contributed by atoms with Gasteiger partial charge in [-0.2, -0.15) is 0 Å². The Balaban J connectivity index is 1.86. The molecule has 3 aromatic carbocycles. The quantitative estimate of drug-likeness (QED) is 0.276. The maximum atomic E-state index is 11.9. The van der Waals surface area contributed by atoms with E-state index in [1.54, 1.807) is 42.5 Å². The van der Waals surface area contributed by atoms with Gasteiger partial charge >= 0.3 is 5.97 Å². The van der Waals surface area contributed by atoms with E-state index < -0.39 is 16.0 Å². The van der Waals surface area contributed by atoms with Crippen LogP contribution in [0.1, 0.15) is 23.1 Å². The minimum atomic E-state index is -3.41. The van der Waals surface area contributed by atoms with E-state index in [0.29, 0.717) is 50.6 Å². The first-order valence-corrected chi connectivity index (χ1v) is 13.2. The highest BCUT2D eigenvalue weighted by molar-refractivity contribution is 7.92. The number of hydrogen-bond acceptors (Lipinski definition) is 5. The van der Waals surface area contributed by atoms with E-state index in [-0.39, 0.29) is 12.3 Å². The van der Waals surface area contributed by atoms with Crippen LogP contribution >= 0.6 is 11.6 Å². The number of carboxylic acids is 1. The Bertz CT molecular complexity index is 1580. The molecule has 0 radical (unpaired) electrons. The van der Waals surface area contributed by atoms with Crippen LogP contribution in [0, 0.1) is 0 Å². The number of nitrogens with zero attached hydrogens (tertiary/aromatic N) is 2. The molecular formula is C26H24ClN3O5S. The standard InChI is InChI=1S/C26H24ClN3O5S/c1-30(36(2,34)35)20-10-8-19(9-11-20)28-25(17-5-3-4-16(14-17)6-13-23(31)32)24-21-12-7-18(27)15-22(21)29-26(24)33/h3-5,7-12,14-15,29,33H,6,13H2,1-2H3,(H,31,32). The summed E-state index contributed by atoms with van der Waals surface area (Å²) >= 11 is 6.13. The molecule has 3 N–H and O–H groups in total. The smallest absolute Gasteiger partial charge is 0.303 e. The molecule has 1 aromatic heterocycles. The number of hydrogen-bond donors (Lipinski definition) is 3. The van der Waals surface area contributed by atoms with Crippen LogP contribution in [0.4, 0.5) is 11.4 Å². The lowest BCUT2D eigenvalue weighted by Gasteiger charge is -2.16. The molecule has 0 fully saturated rings. The van der Waals surface area contributed by atoms with Crippen molar-refractivity contribution < 1.29 is 23.4 Å². The predicted molar refractivity (Wildman–Crippen MR) is 142 cm³/mol. The Morgan fingerprint density at radius 3 is 2.47 bits per heavy atom. The minimum Gasteiger partial charge on any atom is -0.494 e. The van der Waals surface area contributed by atoms with Crippen LogP contribution in [-0.4, -0.2) is 48.6 Å². The average Bonchev–Trinajstić information content (AvgIpc) is 3.15. The van der Waals surface area contributed by atoms with E-state index in [4.69, 9.17) is 21.7 Å². The highest BCUT2D eigenvalue weighted by Gasteiger charge is 2.20. The summed E-state index contributed by atoms with van der Waals surface area (Å²) in [4.78, 5) is 18.8. The Hall–Kier alpha value is -3.82. The van der Waals surface area contributed by atoms with Gasteiger partial charge in [-0.1, -0.05) is 35.9 Å². The van der Waals surface area contributed by atoms with Crippen LogP contribution in [-0.2, 0) is 21.2 Å². The van der Waals surface area contributed by atoms with Gasteiger partial charge < -0.3 is 15.2 Å². The third kappa shape index (κ3) is 5.53. The second-order valence-corrected chi connectivity index (χ2v) is 10.8. The van der Waals surface area contributed by atoms with E-state index >= 15 is 0 Å². The number of nitrogens with one attached hydrogen (secondary N) is 1. The summed E-state index contributed by atoms with van der Waals surface area (Å²) in [5.41, 5.74) is 4.08. The van der Waals surface area contributed by atoms with Gasteiger partial charge in [-0.05, 0) is 54.4 Å². The number of aromatic hydroxyl groups is 1. The molecule has 0 spiro atoms. The molecule has 0 saturated heterocycles. The van der Waals surface area contributed by atoms with Crippen molar-refractivity contribution in [1.29, 1.82) is 0 Å². The van der Waals surface area contributed by atoms with E-state index in [0.717, 1.165) is 11.8 Å². The maximum Gasteiger partial charge on any atom is 0.303 e. The number of aromatic nitrogens is 1. The molecule has 10 heteroatoms. The van der Waals surface area contributed by atoms with E-state index in [1.165, 1.54) is 11.4 Å². The number of aliphatic imine (C=N–C) groups is 1. The molecule has 8 nitrogen and oxygen atoms in total.